The zero-order valence-electron chi connectivity index (χ0n) is 14.2. The second-order valence-corrected chi connectivity index (χ2v) is 6.83. The van der Waals surface area contributed by atoms with Crippen LogP contribution in [0.3, 0.4) is 0 Å². The Morgan fingerprint density at radius 1 is 1.35 bits per heavy atom. The first-order valence-corrected chi connectivity index (χ1v) is 7.92. The fraction of sp³-hybridized carbons (Fsp3) is 0.474. The number of rotatable bonds is 4. The number of Topliss-reactive ketones (excluding diaryl/α,β-unsaturated/α-hetero) is 1. The molecule has 0 aromatic heterocycles. The molecule has 0 amide bonds. The van der Waals surface area contributed by atoms with Gasteiger partial charge < -0.3 is 9.84 Å². The number of esters is 1. The number of ketones is 1. The second kappa shape index (κ2) is 6.28. The van der Waals surface area contributed by atoms with E-state index in [4.69, 9.17) is 4.74 Å². The van der Waals surface area contributed by atoms with Crippen molar-refractivity contribution in [3.05, 3.63) is 47.0 Å². The lowest BCUT2D eigenvalue weighted by molar-refractivity contribution is -0.163. The van der Waals surface area contributed by atoms with Crippen molar-refractivity contribution in [2.45, 2.75) is 46.1 Å². The van der Waals surface area contributed by atoms with Gasteiger partial charge >= 0.3 is 5.97 Å². The molecule has 2 rings (SSSR count). The summed E-state index contributed by atoms with van der Waals surface area (Å²) in [5.41, 5.74) is -0.944. The molecule has 1 atom stereocenters. The van der Waals surface area contributed by atoms with E-state index in [0.29, 0.717) is 18.4 Å². The third-order valence-corrected chi connectivity index (χ3v) is 4.29. The van der Waals surface area contributed by atoms with Crippen molar-refractivity contribution in [3.8, 4) is 0 Å². The van der Waals surface area contributed by atoms with Crippen LogP contribution in [0.15, 0.2) is 35.9 Å². The Morgan fingerprint density at radius 3 is 2.57 bits per heavy atom. The smallest absolute Gasteiger partial charge is 0.347 e. The predicted molar refractivity (Wildman–Crippen MR) is 87.8 cm³/mol. The summed E-state index contributed by atoms with van der Waals surface area (Å²) in [4.78, 5) is 25.2. The molecule has 1 aromatic carbocycles. The lowest BCUT2D eigenvalue weighted by Crippen LogP contribution is -2.44. The summed E-state index contributed by atoms with van der Waals surface area (Å²) in [6, 6.07) is 7.03. The maximum atomic E-state index is 12.6. The van der Waals surface area contributed by atoms with Crippen LogP contribution in [0.25, 0.3) is 0 Å². The molecular formula is C19H24O4. The maximum Gasteiger partial charge on any atom is 0.347 e. The Kier molecular flexibility index (Phi) is 4.76. The molecule has 0 saturated carbocycles. The monoisotopic (exact) mass is 316 g/mol. The van der Waals surface area contributed by atoms with Crippen LogP contribution in [-0.4, -0.2) is 23.5 Å². The number of hydrogen-bond donors (Lipinski definition) is 1. The molecule has 0 bridgehead atoms. The number of aliphatic hydroxyl groups is 1. The zero-order chi connectivity index (χ0) is 17.3. The molecule has 0 fully saturated rings. The Labute approximate surface area is 137 Å². The number of ether oxygens (including phenoxy) is 1. The first kappa shape index (κ1) is 17.4. The third kappa shape index (κ3) is 3.22. The van der Waals surface area contributed by atoms with E-state index >= 15 is 0 Å². The van der Waals surface area contributed by atoms with E-state index in [0.717, 1.165) is 5.56 Å². The molecule has 23 heavy (non-hydrogen) atoms. The summed E-state index contributed by atoms with van der Waals surface area (Å²) in [6.45, 7) is 7.61. The molecule has 0 saturated heterocycles. The molecule has 0 spiro atoms. The van der Waals surface area contributed by atoms with E-state index in [1.54, 1.807) is 38.1 Å². The number of carbonyl (C=O) groups is 2. The van der Waals surface area contributed by atoms with Crippen molar-refractivity contribution in [2.24, 2.45) is 5.41 Å². The Balaban J connectivity index is 2.60. The third-order valence-electron chi connectivity index (χ3n) is 4.29. The van der Waals surface area contributed by atoms with Gasteiger partial charge in [-0.05, 0) is 31.2 Å². The Bertz CT molecular complexity index is 657. The molecule has 1 aliphatic rings. The van der Waals surface area contributed by atoms with E-state index in [9.17, 15) is 14.7 Å². The lowest BCUT2D eigenvalue weighted by Gasteiger charge is -2.35. The van der Waals surface area contributed by atoms with Crippen LogP contribution in [0, 0.1) is 12.3 Å². The van der Waals surface area contributed by atoms with Crippen molar-refractivity contribution in [2.75, 3.05) is 6.61 Å². The number of aryl methyl sites for hydroxylation is 1. The SMILES string of the molecule is CCOC(=O)C(O)(C1=CCC(C)(C)CC1=O)c1ccccc1C. The summed E-state index contributed by atoms with van der Waals surface area (Å²) in [5.74, 6) is -1.01. The molecule has 0 aliphatic heterocycles. The average Bonchev–Trinajstić information content (AvgIpc) is 2.46. The summed E-state index contributed by atoms with van der Waals surface area (Å²) in [6.07, 6.45) is 2.61. The van der Waals surface area contributed by atoms with E-state index in [2.05, 4.69) is 0 Å². The predicted octanol–water partition coefficient (Wildman–Crippen LogP) is 3.06. The fourth-order valence-electron chi connectivity index (χ4n) is 3.02. The quantitative estimate of drug-likeness (QED) is 0.867. The number of benzene rings is 1. The molecule has 4 nitrogen and oxygen atoms in total. The van der Waals surface area contributed by atoms with E-state index in [1.807, 2.05) is 19.9 Å². The Hall–Kier alpha value is -1.94. The zero-order valence-corrected chi connectivity index (χ0v) is 14.2. The van der Waals surface area contributed by atoms with Gasteiger partial charge in [-0.3, -0.25) is 4.79 Å². The topological polar surface area (TPSA) is 63.6 Å². The summed E-state index contributed by atoms with van der Waals surface area (Å²) < 4.78 is 5.09. The number of allylic oxidation sites excluding steroid dienone is 1. The summed E-state index contributed by atoms with van der Waals surface area (Å²) in [5, 5.41) is 11.3. The molecule has 1 unspecified atom stereocenters. The Morgan fingerprint density at radius 2 is 2.00 bits per heavy atom. The molecule has 1 N–H and O–H groups in total. The number of carbonyl (C=O) groups excluding carboxylic acids is 2. The first-order chi connectivity index (χ1) is 10.7. The van der Waals surface area contributed by atoms with Crippen LogP contribution in [0.1, 0.15) is 44.7 Å². The van der Waals surface area contributed by atoms with E-state index in [-0.39, 0.29) is 23.4 Å². The van der Waals surface area contributed by atoms with E-state index < -0.39 is 11.6 Å². The van der Waals surface area contributed by atoms with Gasteiger partial charge in [-0.15, -0.1) is 0 Å². The number of hydrogen-bond acceptors (Lipinski definition) is 4. The fourth-order valence-corrected chi connectivity index (χ4v) is 3.02. The van der Waals surface area contributed by atoms with Crippen molar-refractivity contribution in [1.29, 1.82) is 0 Å². The summed E-state index contributed by atoms with van der Waals surface area (Å²) in [7, 11) is 0. The van der Waals surface area contributed by atoms with Crippen LogP contribution in [0.5, 0.6) is 0 Å². The van der Waals surface area contributed by atoms with Gasteiger partial charge in [0, 0.05) is 17.6 Å². The largest absolute Gasteiger partial charge is 0.463 e. The van der Waals surface area contributed by atoms with Crippen molar-refractivity contribution in [1.82, 2.24) is 0 Å². The van der Waals surface area contributed by atoms with Crippen LogP contribution in [0.2, 0.25) is 0 Å². The minimum Gasteiger partial charge on any atom is -0.463 e. The molecule has 124 valence electrons. The lowest BCUT2D eigenvalue weighted by atomic mass is 9.71. The highest BCUT2D eigenvalue weighted by molar-refractivity contribution is 6.05. The van der Waals surface area contributed by atoms with Crippen molar-refractivity contribution < 1.29 is 19.4 Å². The van der Waals surface area contributed by atoms with Gasteiger partial charge in [-0.25, -0.2) is 4.79 Å². The molecular weight excluding hydrogens is 292 g/mol. The molecule has 0 heterocycles. The van der Waals surface area contributed by atoms with Gasteiger partial charge in [0.05, 0.1) is 6.61 Å². The molecule has 1 aromatic rings. The highest BCUT2D eigenvalue weighted by Crippen LogP contribution is 2.41. The second-order valence-electron chi connectivity index (χ2n) is 6.83. The van der Waals surface area contributed by atoms with Crippen LogP contribution in [-0.2, 0) is 19.9 Å². The average molecular weight is 316 g/mol. The van der Waals surface area contributed by atoms with Gasteiger partial charge in [0.15, 0.2) is 5.78 Å². The van der Waals surface area contributed by atoms with Crippen molar-refractivity contribution in [3.63, 3.8) is 0 Å². The normalized spacial score (nSPS) is 19.7. The minimum atomic E-state index is -2.05. The highest BCUT2D eigenvalue weighted by Gasteiger charge is 2.48. The maximum absolute atomic E-state index is 12.6. The standard InChI is InChI=1S/C19H24O4/c1-5-23-17(21)19(22,14-9-7-6-8-13(14)2)15-10-11-18(3,4)12-16(15)20/h6-10,22H,5,11-12H2,1-4H3. The van der Waals surface area contributed by atoms with Crippen LogP contribution in [0.4, 0.5) is 0 Å². The van der Waals surface area contributed by atoms with Gasteiger partial charge in [-0.2, -0.15) is 0 Å². The summed E-state index contributed by atoms with van der Waals surface area (Å²) >= 11 is 0. The van der Waals surface area contributed by atoms with Gasteiger partial charge in [0.2, 0.25) is 5.60 Å². The molecule has 4 heteroatoms. The van der Waals surface area contributed by atoms with Gasteiger partial charge in [0.25, 0.3) is 0 Å². The van der Waals surface area contributed by atoms with Crippen LogP contribution < -0.4 is 0 Å². The van der Waals surface area contributed by atoms with Gasteiger partial charge in [0.1, 0.15) is 0 Å². The van der Waals surface area contributed by atoms with E-state index in [1.165, 1.54) is 0 Å². The highest BCUT2D eigenvalue weighted by atomic mass is 16.5. The minimum absolute atomic E-state index is 0.129. The first-order valence-electron chi connectivity index (χ1n) is 7.92. The van der Waals surface area contributed by atoms with Crippen molar-refractivity contribution >= 4 is 11.8 Å². The van der Waals surface area contributed by atoms with Crippen LogP contribution >= 0.6 is 0 Å². The van der Waals surface area contributed by atoms with Gasteiger partial charge in [-0.1, -0.05) is 44.2 Å². The molecule has 1 aliphatic carbocycles. The molecule has 0 radical (unpaired) electrons.